The highest BCUT2D eigenvalue weighted by molar-refractivity contribution is 9.09. The molecule has 0 saturated heterocycles. The van der Waals surface area contributed by atoms with E-state index in [1.807, 2.05) is 6.92 Å². The molecule has 0 fully saturated rings. The summed E-state index contributed by atoms with van der Waals surface area (Å²) in [5.41, 5.74) is 0.220. The van der Waals surface area contributed by atoms with E-state index in [9.17, 15) is 15.0 Å². The van der Waals surface area contributed by atoms with Crippen molar-refractivity contribution in [3.63, 3.8) is 0 Å². The van der Waals surface area contributed by atoms with Crippen LogP contribution in [-0.4, -0.2) is 39.4 Å². The minimum atomic E-state index is -0.219. The third kappa shape index (κ3) is 3.63. The topological polar surface area (TPSA) is 60.8 Å². The van der Waals surface area contributed by atoms with Crippen LogP contribution in [0, 0.1) is 0 Å². The lowest BCUT2D eigenvalue weighted by Crippen LogP contribution is -2.33. The predicted molar refractivity (Wildman–Crippen MR) is 69.8 cm³/mol. The zero-order valence-electron chi connectivity index (χ0n) is 9.69. The van der Waals surface area contributed by atoms with Crippen molar-refractivity contribution in [1.29, 1.82) is 0 Å². The number of rotatable bonds is 5. The summed E-state index contributed by atoms with van der Waals surface area (Å²) in [4.78, 5) is 13.8. The molecule has 0 radical (unpaired) electrons. The number of hydrogen-bond donors (Lipinski definition) is 2. The van der Waals surface area contributed by atoms with E-state index in [1.165, 1.54) is 18.2 Å². The van der Waals surface area contributed by atoms with Gasteiger partial charge in [-0.1, -0.05) is 22.9 Å². The van der Waals surface area contributed by atoms with Crippen LogP contribution in [-0.2, 0) is 0 Å². The Bertz CT molecular complexity index is 389. The molecule has 0 aromatic heterocycles. The molecule has 0 spiro atoms. The van der Waals surface area contributed by atoms with Crippen LogP contribution in [0.15, 0.2) is 18.2 Å². The Labute approximate surface area is 109 Å². The minimum absolute atomic E-state index is 0.0541. The number of aromatic hydroxyl groups is 2. The summed E-state index contributed by atoms with van der Waals surface area (Å²) < 4.78 is 0. The Balaban J connectivity index is 2.92. The highest BCUT2D eigenvalue weighted by atomic mass is 79.9. The van der Waals surface area contributed by atoms with Crippen LogP contribution in [0.1, 0.15) is 23.7 Å². The Kier molecular flexibility index (Phi) is 5.28. The van der Waals surface area contributed by atoms with E-state index >= 15 is 0 Å². The van der Waals surface area contributed by atoms with Crippen LogP contribution in [0.5, 0.6) is 11.5 Å². The number of benzene rings is 1. The van der Waals surface area contributed by atoms with E-state index in [2.05, 4.69) is 15.9 Å². The van der Waals surface area contributed by atoms with Gasteiger partial charge in [-0.2, -0.15) is 0 Å². The molecule has 0 heterocycles. The smallest absolute Gasteiger partial charge is 0.257 e. The van der Waals surface area contributed by atoms with Gasteiger partial charge in [-0.15, -0.1) is 0 Å². The van der Waals surface area contributed by atoms with Gasteiger partial charge in [0.1, 0.15) is 11.5 Å². The van der Waals surface area contributed by atoms with Gasteiger partial charge >= 0.3 is 0 Å². The third-order valence-corrected chi connectivity index (χ3v) is 2.70. The fraction of sp³-hybridized carbons (Fsp3) is 0.417. The van der Waals surface area contributed by atoms with Crippen molar-refractivity contribution in [2.75, 3.05) is 18.4 Å². The highest BCUT2D eigenvalue weighted by Gasteiger charge is 2.17. The second kappa shape index (κ2) is 6.49. The first-order valence-corrected chi connectivity index (χ1v) is 6.59. The van der Waals surface area contributed by atoms with Gasteiger partial charge in [0.15, 0.2) is 0 Å². The largest absolute Gasteiger partial charge is 0.508 e. The molecule has 0 aliphatic carbocycles. The van der Waals surface area contributed by atoms with Gasteiger partial charge in [-0.05, 0) is 18.6 Å². The van der Waals surface area contributed by atoms with Gasteiger partial charge in [-0.25, -0.2) is 0 Å². The van der Waals surface area contributed by atoms with Crippen molar-refractivity contribution >= 4 is 21.8 Å². The molecule has 1 aromatic rings. The molecular formula is C12H16BrNO3. The van der Waals surface area contributed by atoms with Gasteiger partial charge in [0, 0.05) is 24.5 Å². The van der Waals surface area contributed by atoms with Crippen molar-refractivity contribution in [2.24, 2.45) is 0 Å². The first-order valence-electron chi connectivity index (χ1n) is 5.47. The lowest BCUT2D eigenvalue weighted by Gasteiger charge is -2.21. The summed E-state index contributed by atoms with van der Waals surface area (Å²) in [6.07, 6.45) is 0.859. The highest BCUT2D eigenvalue weighted by Crippen LogP contribution is 2.23. The third-order valence-electron chi connectivity index (χ3n) is 2.35. The summed E-state index contributed by atoms with van der Waals surface area (Å²) in [6.45, 7) is 3.23. The van der Waals surface area contributed by atoms with Crippen LogP contribution >= 0.6 is 15.9 Å². The fourth-order valence-electron chi connectivity index (χ4n) is 1.56. The Hall–Kier alpha value is -1.23. The summed E-state index contributed by atoms with van der Waals surface area (Å²) in [5, 5.41) is 19.5. The molecule has 17 heavy (non-hydrogen) atoms. The monoisotopic (exact) mass is 301 g/mol. The minimum Gasteiger partial charge on any atom is -0.508 e. The van der Waals surface area contributed by atoms with Crippen LogP contribution in [0.2, 0.25) is 0 Å². The van der Waals surface area contributed by atoms with Crippen LogP contribution in [0.25, 0.3) is 0 Å². The van der Waals surface area contributed by atoms with Gasteiger partial charge in [0.25, 0.3) is 5.91 Å². The van der Waals surface area contributed by atoms with Crippen molar-refractivity contribution in [3.05, 3.63) is 23.8 Å². The molecule has 94 valence electrons. The maximum Gasteiger partial charge on any atom is 0.257 e. The van der Waals surface area contributed by atoms with E-state index in [-0.39, 0.29) is 23.0 Å². The van der Waals surface area contributed by atoms with E-state index in [4.69, 9.17) is 0 Å². The Morgan fingerprint density at radius 1 is 1.35 bits per heavy atom. The number of hydrogen-bond acceptors (Lipinski definition) is 3. The van der Waals surface area contributed by atoms with E-state index in [0.29, 0.717) is 18.4 Å². The number of phenols is 2. The molecule has 1 rings (SSSR count). The SMILES string of the molecule is CCCN(CCBr)C(=O)c1ccc(O)cc1O. The van der Waals surface area contributed by atoms with Gasteiger partial charge in [0.05, 0.1) is 5.56 Å². The van der Waals surface area contributed by atoms with Gasteiger partial charge in [-0.3, -0.25) is 4.79 Å². The molecule has 1 aromatic carbocycles. The van der Waals surface area contributed by atoms with Crippen LogP contribution < -0.4 is 0 Å². The number of carbonyl (C=O) groups excluding carboxylic acids is 1. The molecule has 0 saturated carbocycles. The Morgan fingerprint density at radius 2 is 2.06 bits per heavy atom. The average Bonchev–Trinajstić information content (AvgIpc) is 2.28. The standard InChI is InChI=1S/C12H16BrNO3/c1-2-6-14(7-5-13)12(17)10-4-3-9(15)8-11(10)16/h3-4,8,15-16H,2,5-7H2,1H3. The second-order valence-electron chi connectivity index (χ2n) is 3.68. The molecule has 0 bridgehead atoms. The molecular weight excluding hydrogens is 286 g/mol. The maximum atomic E-state index is 12.1. The summed E-state index contributed by atoms with van der Waals surface area (Å²) >= 11 is 3.29. The van der Waals surface area contributed by atoms with Crippen molar-refractivity contribution < 1.29 is 15.0 Å². The summed E-state index contributed by atoms with van der Waals surface area (Å²) in [6, 6.07) is 4.00. The molecule has 5 heteroatoms. The summed E-state index contributed by atoms with van der Waals surface area (Å²) in [5.74, 6) is -0.462. The molecule has 0 atom stereocenters. The lowest BCUT2D eigenvalue weighted by atomic mass is 10.1. The second-order valence-corrected chi connectivity index (χ2v) is 4.48. The number of halogens is 1. The molecule has 0 aliphatic heterocycles. The maximum absolute atomic E-state index is 12.1. The van der Waals surface area contributed by atoms with Gasteiger partial charge < -0.3 is 15.1 Å². The molecule has 1 amide bonds. The average molecular weight is 302 g/mol. The predicted octanol–water partition coefficient (Wildman–Crippen LogP) is 2.34. The number of carbonyl (C=O) groups is 1. The van der Waals surface area contributed by atoms with Crippen molar-refractivity contribution in [2.45, 2.75) is 13.3 Å². The molecule has 0 aliphatic rings. The van der Waals surface area contributed by atoms with E-state index in [1.54, 1.807) is 4.90 Å². The first kappa shape index (κ1) is 13.8. The van der Waals surface area contributed by atoms with Crippen LogP contribution in [0.3, 0.4) is 0 Å². The number of alkyl halides is 1. The molecule has 0 unspecified atom stereocenters. The zero-order valence-corrected chi connectivity index (χ0v) is 11.3. The molecule has 4 nitrogen and oxygen atoms in total. The van der Waals surface area contributed by atoms with E-state index in [0.717, 1.165) is 6.42 Å². The summed E-state index contributed by atoms with van der Waals surface area (Å²) in [7, 11) is 0. The first-order chi connectivity index (χ1) is 8.10. The normalized spacial score (nSPS) is 10.2. The van der Waals surface area contributed by atoms with Gasteiger partial charge in [0.2, 0.25) is 0 Å². The number of phenolic OH excluding ortho intramolecular Hbond substituents is 2. The van der Waals surface area contributed by atoms with Crippen molar-refractivity contribution in [3.8, 4) is 11.5 Å². The zero-order chi connectivity index (χ0) is 12.8. The fourth-order valence-corrected chi connectivity index (χ4v) is 1.99. The van der Waals surface area contributed by atoms with E-state index < -0.39 is 0 Å². The molecule has 2 N–H and O–H groups in total. The number of nitrogens with zero attached hydrogens (tertiary/aromatic N) is 1. The lowest BCUT2D eigenvalue weighted by molar-refractivity contribution is 0.0763. The quantitative estimate of drug-likeness (QED) is 0.821. The van der Waals surface area contributed by atoms with Crippen LogP contribution in [0.4, 0.5) is 0 Å². The van der Waals surface area contributed by atoms with Crippen molar-refractivity contribution in [1.82, 2.24) is 4.90 Å². The Morgan fingerprint density at radius 3 is 2.59 bits per heavy atom. The number of amides is 1.